The molecule has 1 aliphatic rings. The Balaban J connectivity index is 2.26. The number of para-hydroxylation sites is 1. The van der Waals surface area contributed by atoms with Crippen LogP contribution in [-0.4, -0.2) is 41.9 Å². The molecule has 5 heteroatoms. The molecule has 0 bridgehead atoms. The summed E-state index contributed by atoms with van der Waals surface area (Å²) in [5.41, 5.74) is 1.42. The lowest BCUT2D eigenvalue weighted by Crippen LogP contribution is -2.55. The van der Waals surface area contributed by atoms with Crippen molar-refractivity contribution in [2.45, 2.75) is 32.9 Å². The lowest BCUT2D eigenvalue weighted by Gasteiger charge is -2.33. The van der Waals surface area contributed by atoms with Crippen LogP contribution >= 0.6 is 0 Å². The minimum Gasteiger partial charge on any atom is -0.382 e. The number of rotatable bonds is 3. The third-order valence-electron chi connectivity index (χ3n) is 3.36. The molecule has 0 saturated carbocycles. The van der Waals surface area contributed by atoms with Crippen molar-refractivity contribution in [1.29, 1.82) is 0 Å². The van der Waals surface area contributed by atoms with E-state index >= 15 is 0 Å². The van der Waals surface area contributed by atoms with Gasteiger partial charge in [0, 0.05) is 24.8 Å². The Morgan fingerprint density at radius 1 is 1.40 bits per heavy atom. The molecule has 108 valence electrons. The SMILES string of the molecule is CC(C)Nc1ccccc1C(=O)N1CCNC(=O)C1C. The second kappa shape index (κ2) is 5.94. The van der Waals surface area contributed by atoms with Gasteiger partial charge in [-0.3, -0.25) is 9.59 Å². The van der Waals surface area contributed by atoms with E-state index in [0.29, 0.717) is 18.7 Å². The van der Waals surface area contributed by atoms with E-state index in [1.54, 1.807) is 17.9 Å². The summed E-state index contributed by atoms with van der Waals surface area (Å²) in [6, 6.07) is 7.24. The van der Waals surface area contributed by atoms with Gasteiger partial charge in [0.25, 0.3) is 5.91 Å². The van der Waals surface area contributed by atoms with Crippen molar-refractivity contribution >= 4 is 17.5 Å². The topological polar surface area (TPSA) is 61.4 Å². The lowest BCUT2D eigenvalue weighted by atomic mass is 10.1. The first kappa shape index (κ1) is 14.4. The Hall–Kier alpha value is -2.04. The molecule has 0 radical (unpaired) electrons. The summed E-state index contributed by atoms with van der Waals surface area (Å²) in [6.07, 6.45) is 0. The zero-order chi connectivity index (χ0) is 14.7. The first-order valence-electron chi connectivity index (χ1n) is 6.95. The first-order valence-corrected chi connectivity index (χ1v) is 6.95. The zero-order valence-electron chi connectivity index (χ0n) is 12.1. The molecule has 1 atom stereocenters. The fourth-order valence-corrected chi connectivity index (χ4v) is 2.32. The van der Waals surface area contributed by atoms with Gasteiger partial charge in [0.1, 0.15) is 6.04 Å². The predicted octanol–water partition coefficient (Wildman–Crippen LogP) is 1.47. The van der Waals surface area contributed by atoms with Crippen molar-refractivity contribution in [2.75, 3.05) is 18.4 Å². The van der Waals surface area contributed by atoms with Crippen LogP contribution < -0.4 is 10.6 Å². The zero-order valence-corrected chi connectivity index (χ0v) is 12.1. The van der Waals surface area contributed by atoms with E-state index in [0.717, 1.165) is 5.69 Å². The summed E-state index contributed by atoms with van der Waals surface area (Å²) in [6.45, 7) is 6.86. The second-order valence-corrected chi connectivity index (χ2v) is 5.31. The normalized spacial score (nSPS) is 18.9. The molecule has 5 nitrogen and oxygen atoms in total. The van der Waals surface area contributed by atoms with Crippen molar-refractivity contribution in [2.24, 2.45) is 0 Å². The van der Waals surface area contributed by atoms with E-state index in [2.05, 4.69) is 10.6 Å². The number of nitrogens with one attached hydrogen (secondary N) is 2. The maximum Gasteiger partial charge on any atom is 0.256 e. The highest BCUT2D eigenvalue weighted by Crippen LogP contribution is 2.20. The average Bonchev–Trinajstić information content (AvgIpc) is 2.41. The molecule has 1 unspecified atom stereocenters. The fraction of sp³-hybridized carbons (Fsp3) is 0.467. The molecule has 1 aliphatic heterocycles. The van der Waals surface area contributed by atoms with Gasteiger partial charge < -0.3 is 15.5 Å². The number of carbonyl (C=O) groups excluding carboxylic acids is 2. The number of hydrogen-bond acceptors (Lipinski definition) is 3. The van der Waals surface area contributed by atoms with Gasteiger partial charge in [0.2, 0.25) is 5.91 Å². The smallest absolute Gasteiger partial charge is 0.256 e. The van der Waals surface area contributed by atoms with Crippen LogP contribution in [0.4, 0.5) is 5.69 Å². The molecule has 1 saturated heterocycles. The van der Waals surface area contributed by atoms with Crippen molar-refractivity contribution in [3.05, 3.63) is 29.8 Å². The maximum atomic E-state index is 12.7. The highest BCUT2D eigenvalue weighted by molar-refractivity contribution is 6.02. The van der Waals surface area contributed by atoms with Crippen LogP contribution in [0.3, 0.4) is 0 Å². The van der Waals surface area contributed by atoms with E-state index in [4.69, 9.17) is 0 Å². The standard InChI is InChI=1S/C15H21N3O2/c1-10(2)17-13-7-5-4-6-12(13)15(20)18-9-8-16-14(19)11(18)3/h4-7,10-11,17H,8-9H2,1-3H3,(H,16,19). The average molecular weight is 275 g/mol. The molecule has 1 fully saturated rings. The van der Waals surface area contributed by atoms with Gasteiger partial charge in [0.05, 0.1) is 5.56 Å². The van der Waals surface area contributed by atoms with Gasteiger partial charge in [-0.2, -0.15) is 0 Å². The molecule has 1 heterocycles. The third-order valence-corrected chi connectivity index (χ3v) is 3.36. The molecule has 0 aliphatic carbocycles. The van der Waals surface area contributed by atoms with Gasteiger partial charge in [-0.1, -0.05) is 12.1 Å². The third kappa shape index (κ3) is 2.92. The molecule has 1 aromatic rings. The Labute approximate surface area is 119 Å². The summed E-state index contributed by atoms with van der Waals surface area (Å²) < 4.78 is 0. The largest absolute Gasteiger partial charge is 0.382 e. The molecule has 0 aromatic heterocycles. The van der Waals surface area contributed by atoms with E-state index in [1.165, 1.54) is 0 Å². The second-order valence-electron chi connectivity index (χ2n) is 5.31. The number of benzene rings is 1. The van der Waals surface area contributed by atoms with E-state index in [-0.39, 0.29) is 17.9 Å². The Bertz CT molecular complexity index is 514. The molecule has 2 amide bonds. The number of piperazine rings is 1. The Morgan fingerprint density at radius 3 is 2.80 bits per heavy atom. The minimum atomic E-state index is -0.427. The van der Waals surface area contributed by atoms with Gasteiger partial charge in [-0.25, -0.2) is 0 Å². The van der Waals surface area contributed by atoms with Crippen molar-refractivity contribution in [3.8, 4) is 0 Å². The number of anilines is 1. The van der Waals surface area contributed by atoms with Gasteiger partial charge in [0.15, 0.2) is 0 Å². The maximum absolute atomic E-state index is 12.7. The van der Waals surface area contributed by atoms with Gasteiger partial charge in [-0.05, 0) is 32.9 Å². The van der Waals surface area contributed by atoms with Crippen molar-refractivity contribution in [1.82, 2.24) is 10.2 Å². The van der Waals surface area contributed by atoms with E-state index in [1.807, 2.05) is 32.0 Å². The van der Waals surface area contributed by atoms with E-state index in [9.17, 15) is 9.59 Å². The summed E-state index contributed by atoms with van der Waals surface area (Å²) in [5.74, 6) is -0.199. The van der Waals surface area contributed by atoms with Crippen molar-refractivity contribution in [3.63, 3.8) is 0 Å². The molecule has 0 spiro atoms. The van der Waals surface area contributed by atoms with Crippen LogP contribution in [0, 0.1) is 0 Å². The summed E-state index contributed by atoms with van der Waals surface area (Å²) in [5, 5.41) is 6.04. The highest BCUT2D eigenvalue weighted by atomic mass is 16.2. The number of hydrogen-bond donors (Lipinski definition) is 2. The predicted molar refractivity (Wildman–Crippen MR) is 78.7 cm³/mol. The molecule has 1 aromatic carbocycles. The van der Waals surface area contributed by atoms with Gasteiger partial charge in [-0.15, -0.1) is 0 Å². The van der Waals surface area contributed by atoms with Crippen LogP contribution in [0.15, 0.2) is 24.3 Å². The highest BCUT2D eigenvalue weighted by Gasteiger charge is 2.30. The number of nitrogens with zero attached hydrogens (tertiary/aromatic N) is 1. The molecular formula is C15H21N3O2. The van der Waals surface area contributed by atoms with E-state index < -0.39 is 6.04 Å². The molecular weight excluding hydrogens is 254 g/mol. The number of amides is 2. The molecule has 2 rings (SSSR count). The van der Waals surface area contributed by atoms with Crippen LogP contribution in [0.1, 0.15) is 31.1 Å². The van der Waals surface area contributed by atoms with Crippen molar-refractivity contribution < 1.29 is 9.59 Å². The molecule has 20 heavy (non-hydrogen) atoms. The Kier molecular flexibility index (Phi) is 4.27. The number of carbonyl (C=O) groups is 2. The monoisotopic (exact) mass is 275 g/mol. The van der Waals surface area contributed by atoms with Crippen LogP contribution in [-0.2, 0) is 4.79 Å². The summed E-state index contributed by atoms with van der Waals surface area (Å²) >= 11 is 0. The van der Waals surface area contributed by atoms with Crippen LogP contribution in [0.5, 0.6) is 0 Å². The van der Waals surface area contributed by atoms with Crippen LogP contribution in [0.2, 0.25) is 0 Å². The van der Waals surface area contributed by atoms with Crippen LogP contribution in [0.25, 0.3) is 0 Å². The summed E-state index contributed by atoms with van der Waals surface area (Å²) in [4.78, 5) is 26.0. The Morgan fingerprint density at radius 2 is 2.10 bits per heavy atom. The quantitative estimate of drug-likeness (QED) is 0.878. The fourth-order valence-electron chi connectivity index (χ4n) is 2.32. The minimum absolute atomic E-state index is 0.0982. The first-order chi connectivity index (χ1) is 9.50. The summed E-state index contributed by atoms with van der Waals surface area (Å²) in [7, 11) is 0. The van der Waals surface area contributed by atoms with Gasteiger partial charge >= 0.3 is 0 Å². The molecule has 2 N–H and O–H groups in total. The lowest BCUT2D eigenvalue weighted by molar-refractivity contribution is -0.127.